The van der Waals surface area contributed by atoms with Crippen molar-refractivity contribution in [2.45, 2.75) is 20.0 Å². The first-order valence-corrected chi connectivity index (χ1v) is 6.75. The molecule has 0 amide bonds. The van der Waals surface area contributed by atoms with Crippen molar-refractivity contribution in [3.8, 4) is 0 Å². The fraction of sp³-hybridized carbons (Fsp3) is 0.231. The molecule has 84 valence electrons. The Hall–Kier alpha value is -0.640. The number of aryl methyl sites for hydroxylation is 2. The molecule has 1 nitrogen and oxygen atoms in total. The maximum absolute atomic E-state index is 10.3. The largest absolute Gasteiger partial charge is 0.384 e. The highest BCUT2D eigenvalue weighted by atomic mass is 79.9. The minimum Gasteiger partial charge on any atom is -0.384 e. The van der Waals surface area contributed by atoms with E-state index in [-0.39, 0.29) is 0 Å². The van der Waals surface area contributed by atoms with Gasteiger partial charge in [0.1, 0.15) is 6.10 Å². The number of aliphatic hydroxyl groups excluding tert-OH is 1. The summed E-state index contributed by atoms with van der Waals surface area (Å²) >= 11 is 5.13. The Morgan fingerprint density at radius 1 is 1.25 bits per heavy atom. The van der Waals surface area contributed by atoms with Gasteiger partial charge in [-0.05, 0) is 48.1 Å². The Balaban J connectivity index is 2.38. The number of aliphatic hydroxyl groups is 1. The number of hydrogen-bond acceptors (Lipinski definition) is 2. The minimum atomic E-state index is -0.516. The molecule has 16 heavy (non-hydrogen) atoms. The van der Waals surface area contributed by atoms with Gasteiger partial charge in [-0.25, -0.2) is 0 Å². The SMILES string of the molecule is Cc1cc(C(O)c2ccsc2C)ccc1Br. The van der Waals surface area contributed by atoms with Crippen LogP contribution in [0.15, 0.2) is 34.1 Å². The molecule has 1 aromatic heterocycles. The highest BCUT2D eigenvalue weighted by Gasteiger charge is 2.14. The molecule has 0 radical (unpaired) electrons. The molecule has 1 heterocycles. The average molecular weight is 297 g/mol. The van der Waals surface area contributed by atoms with Crippen LogP contribution in [0.4, 0.5) is 0 Å². The summed E-state index contributed by atoms with van der Waals surface area (Å²) in [5.74, 6) is 0. The smallest absolute Gasteiger partial charge is 0.105 e. The number of rotatable bonds is 2. The molecule has 1 unspecified atom stereocenters. The van der Waals surface area contributed by atoms with Gasteiger partial charge in [0.25, 0.3) is 0 Å². The summed E-state index contributed by atoms with van der Waals surface area (Å²) < 4.78 is 1.07. The lowest BCUT2D eigenvalue weighted by Crippen LogP contribution is -2.00. The van der Waals surface area contributed by atoms with Gasteiger partial charge in [0.15, 0.2) is 0 Å². The standard InChI is InChI=1S/C13H13BrOS/c1-8-7-10(3-4-12(8)14)13(15)11-5-6-16-9(11)2/h3-7,13,15H,1-2H3. The van der Waals surface area contributed by atoms with Crippen LogP contribution in [0.3, 0.4) is 0 Å². The molecular formula is C13H13BrOS. The second-order valence-corrected chi connectivity index (χ2v) is 5.82. The molecule has 3 heteroatoms. The van der Waals surface area contributed by atoms with E-state index in [9.17, 15) is 5.11 Å². The van der Waals surface area contributed by atoms with Gasteiger partial charge in [-0.2, -0.15) is 0 Å². The lowest BCUT2D eigenvalue weighted by molar-refractivity contribution is 0.220. The Kier molecular flexibility index (Phi) is 3.47. The molecule has 1 N–H and O–H groups in total. The van der Waals surface area contributed by atoms with Crippen LogP contribution < -0.4 is 0 Å². The summed E-state index contributed by atoms with van der Waals surface area (Å²) in [6.45, 7) is 4.07. The van der Waals surface area contributed by atoms with Crippen molar-refractivity contribution in [3.63, 3.8) is 0 Å². The Morgan fingerprint density at radius 2 is 2.00 bits per heavy atom. The molecular weight excluding hydrogens is 284 g/mol. The molecule has 0 saturated carbocycles. The van der Waals surface area contributed by atoms with Crippen molar-refractivity contribution in [2.75, 3.05) is 0 Å². The van der Waals surface area contributed by atoms with Gasteiger partial charge in [0.2, 0.25) is 0 Å². The number of thiophene rings is 1. The first kappa shape index (κ1) is 11.8. The number of halogens is 1. The first-order valence-electron chi connectivity index (χ1n) is 5.07. The third-order valence-corrected chi connectivity index (χ3v) is 4.44. The fourth-order valence-corrected chi connectivity index (χ4v) is 2.68. The van der Waals surface area contributed by atoms with E-state index in [1.807, 2.05) is 43.5 Å². The van der Waals surface area contributed by atoms with Crippen molar-refractivity contribution in [3.05, 3.63) is 55.7 Å². The maximum atomic E-state index is 10.3. The van der Waals surface area contributed by atoms with Gasteiger partial charge in [-0.3, -0.25) is 0 Å². The maximum Gasteiger partial charge on any atom is 0.105 e. The van der Waals surface area contributed by atoms with Crippen LogP contribution in [-0.4, -0.2) is 5.11 Å². The average Bonchev–Trinajstić information content (AvgIpc) is 2.67. The Bertz CT molecular complexity index is 504. The van der Waals surface area contributed by atoms with E-state index in [2.05, 4.69) is 15.9 Å². The lowest BCUT2D eigenvalue weighted by Gasteiger charge is -2.12. The summed E-state index contributed by atoms with van der Waals surface area (Å²) in [4.78, 5) is 1.17. The monoisotopic (exact) mass is 296 g/mol. The van der Waals surface area contributed by atoms with Gasteiger partial charge in [-0.1, -0.05) is 28.1 Å². The highest BCUT2D eigenvalue weighted by Crippen LogP contribution is 2.29. The van der Waals surface area contributed by atoms with Gasteiger partial charge < -0.3 is 5.11 Å². The van der Waals surface area contributed by atoms with Crippen LogP contribution in [0.2, 0.25) is 0 Å². The molecule has 0 aliphatic heterocycles. The predicted octanol–water partition coefficient (Wildman–Crippen LogP) is 4.21. The van der Waals surface area contributed by atoms with Crippen LogP contribution in [-0.2, 0) is 0 Å². The number of benzene rings is 1. The quantitative estimate of drug-likeness (QED) is 0.880. The summed E-state index contributed by atoms with van der Waals surface area (Å²) in [5.41, 5.74) is 3.10. The minimum absolute atomic E-state index is 0.516. The van der Waals surface area contributed by atoms with Gasteiger partial charge >= 0.3 is 0 Å². The normalized spacial score (nSPS) is 12.8. The van der Waals surface area contributed by atoms with E-state index < -0.39 is 6.10 Å². The molecule has 0 fully saturated rings. The summed E-state index contributed by atoms with van der Waals surface area (Å²) in [7, 11) is 0. The topological polar surface area (TPSA) is 20.2 Å². The van der Waals surface area contributed by atoms with Gasteiger partial charge in [0.05, 0.1) is 0 Å². The van der Waals surface area contributed by atoms with Gasteiger partial charge in [0, 0.05) is 9.35 Å². The summed E-state index contributed by atoms with van der Waals surface area (Å²) in [5, 5.41) is 12.3. The molecule has 0 bridgehead atoms. The van der Waals surface area contributed by atoms with Crippen LogP contribution in [0.5, 0.6) is 0 Å². The van der Waals surface area contributed by atoms with Crippen LogP contribution in [0.1, 0.15) is 27.7 Å². The Labute approximate surface area is 108 Å². The van der Waals surface area contributed by atoms with Gasteiger partial charge in [-0.15, -0.1) is 11.3 Å². The van der Waals surface area contributed by atoms with E-state index in [0.29, 0.717) is 0 Å². The van der Waals surface area contributed by atoms with E-state index in [0.717, 1.165) is 21.2 Å². The van der Waals surface area contributed by atoms with E-state index in [1.54, 1.807) is 11.3 Å². The first-order chi connectivity index (χ1) is 7.59. The van der Waals surface area contributed by atoms with Crippen molar-refractivity contribution in [1.82, 2.24) is 0 Å². The molecule has 1 atom stereocenters. The number of hydrogen-bond donors (Lipinski definition) is 1. The highest BCUT2D eigenvalue weighted by molar-refractivity contribution is 9.10. The fourth-order valence-electron chi connectivity index (χ4n) is 1.70. The molecule has 2 rings (SSSR count). The van der Waals surface area contributed by atoms with Crippen molar-refractivity contribution in [2.24, 2.45) is 0 Å². The third kappa shape index (κ3) is 2.21. The second kappa shape index (κ2) is 4.70. The van der Waals surface area contributed by atoms with E-state index >= 15 is 0 Å². The predicted molar refractivity (Wildman–Crippen MR) is 72.0 cm³/mol. The summed E-state index contributed by atoms with van der Waals surface area (Å²) in [6, 6.07) is 7.95. The van der Waals surface area contributed by atoms with Crippen LogP contribution >= 0.6 is 27.3 Å². The van der Waals surface area contributed by atoms with Crippen LogP contribution in [0, 0.1) is 13.8 Å². The van der Waals surface area contributed by atoms with Crippen molar-refractivity contribution >= 4 is 27.3 Å². The molecule has 0 spiro atoms. The van der Waals surface area contributed by atoms with Crippen LogP contribution in [0.25, 0.3) is 0 Å². The molecule has 0 aliphatic rings. The lowest BCUT2D eigenvalue weighted by atomic mass is 10.0. The molecule has 0 saturated heterocycles. The zero-order chi connectivity index (χ0) is 11.7. The second-order valence-electron chi connectivity index (χ2n) is 3.84. The zero-order valence-electron chi connectivity index (χ0n) is 9.20. The third-order valence-electron chi connectivity index (χ3n) is 2.69. The molecule has 2 aromatic rings. The van der Waals surface area contributed by atoms with E-state index in [1.165, 1.54) is 4.88 Å². The van der Waals surface area contributed by atoms with Crippen molar-refractivity contribution < 1.29 is 5.11 Å². The van der Waals surface area contributed by atoms with Crippen molar-refractivity contribution in [1.29, 1.82) is 0 Å². The summed E-state index contributed by atoms with van der Waals surface area (Å²) in [6.07, 6.45) is -0.516. The van der Waals surface area contributed by atoms with E-state index in [4.69, 9.17) is 0 Å². The molecule has 0 aliphatic carbocycles. The molecule has 1 aromatic carbocycles. The Morgan fingerprint density at radius 3 is 2.56 bits per heavy atom. The zero-order valence-corrected chi connectivity index (χ0v) is 11.6.